The van der Waals surface area contributed by atoms with E-state index in [1.54, 1.807) is 6.33 Å². The topological polar surface area (TPSA) is 76.4 Å². The average Bonchev–Trinajstić information content (AvgIpc) is 3.52. The lowest BCUT2D eigenvalue weighted by atomic mass is 9.97. The first-order valence-corrected chi connectivity index (χ1v) is 10.4. The Hall–Kier alpha value is -3.11. The minimum Gasteiger partial charge on any atom is -0.490 e. The largest absolute Gasteiger partial charge is 0.490 e. The maximum Gasteiger partial charge on any atom is 0.250 e. The number of rotatable bonds is 6. The minimum absolute atomic E-state index is 0.145. The maximum absolute atomic E-state index is 7.38. The lowest BCUT2D eigenvalue weighted by Gasteiger charge is -2.34. The van der Waals surface area contributed by atoms with Crippen molar-refractivity contribution >= 4 is 16.9 Å². The average molecular weight is 403 g/mol. The molecule has 7 nitrogen and oxygen atoms in total. The van der Waals surface area contributed by atoms with Crippen LogP contribution in [-0.4, -0.2) is 39.8 Å². The molecule has 1 aliphatic carbocycles. The fourth-order valence-corrected chi connectivity index (χ4v) is 3.83. The van der Waals surface area contributed by atoms with Crippen molar-refractivity contribution in [3.05, 3.63) is 59.3 Å². The van der Waals surface area contributed by atoms with Gasteiger partial charge in [0.1, 0.15) is 42.9 Å². The Labute approximate surface area is 175 Å². The first-order valence-electron chi connectivity index (χ1n) is 10.4. The normalized spacial score (nSPS) is 21.0. The predicted molar refractivity (Wildman–Crippen MR) is 115 cm³/mol. The highest BCUT2D eigenvalue weighted by Crippen LogP contribution is 2.42. The standard InChI is InChI=1S/C23H25N5O2/c1-23(2,24-3)12-30-19-11-29-18-7-5-4-6-15(18)20(19)28-22-16-10-17(14-8-9-14)27-21(16)25-13-26-22/h4-7,10,13-14,19-20H,8-9,11-12H2,1-2H3,(H2,25,26,27,28). The molecule has 0 bridgehead atoms. The van der Waals surface area contributed by atoms with Crippen LogP contribution in [0.15, 0.2) is 36.7 Å². The second-order valence-electron chi connectivity index (χ2n) is 8.73. The molecule has 1 saturated carbocycles. The molecule has 3 aromatic rings. The zero-order valence-electron chi connectivity index (χ0n) is 17.2. The molecule has 1 aliphatic heterocycles. The van der Waals surface area contributed by atoms with E-state index in [1.807, 2.05) is 38.1 Å². The zero-order chi connectivity index (χ0) is 20.7. The van der Waals surface area contributed by atoms with Gasteiger partial charge < -0.3 is 24.6 Å². The number of H-pyrrole nitrogens is 1. The first-order chi connectivity index (χ1) is 14.5. The second-order valence-corrected chi connectivity index (χ2v) is 8.73. The molecule has 154 valence electrons. The van der Waals surface area contributed by atoms with E-state index in [1.165, 1.54) is 18.5 Å². The molecule has 7 heteroatoms. The van der Waals surface area contributed by atoms with Crippen LogP contribution in [-0.2, 0) is 4.74 Å². The van der Waals surface area contributed by atoms with Gasteiger partial charge in [-0.15, -0.1) is 0 Å². The van der Waals surface area contributed by atoms with E-state index in [2.05, 4.69) is 31.2 Å². The Morgan fingerprint density at radius 2 is 2.13 bits per heavy atom. The minimum atomic E-state index is -0.580. The van der Waals surface area contributed by atoms with Crippen LogP contribution in [0.2, 0.25) is 0 Å². The van der Waals surface area contributed by atoms with E-state index in [9.17, 15) is 0 Å². The summed E-state index contributed by atoms with van der Waals surface area (Å²) in [5.74, 6) is 2.24. The van der Waals surface area contributed by atoms with Crippen LogP contribution in [0.3, 0.4) is 0 Å². The summed E-state index contributed by atoms with van der Waals surface area (Å²) >= 11 is 0. The summed E-state index contributed by atoms with van der Waals surface area (Å²) < 4.78 is 12.1. The van der Waals surface area contributed by atoms with Crippen LogP contribution in [0.4, 0.5) is 5.82 Å². The number of nitrogens with zero attached hydrogens (tertiary/aromatic N) is 3. The van der Waals surface area contributed by atoms with Gasteiger partial charge in [-0.25, -0.2) is 16.5 Å². The number of fused-ring (bicyclic) bond motifs is 2. The molecular formula is C23H25N5O2. The van der Waals surface area contributed by atoms with Gasteiger partial charge in [-0.2, -0.15) is 0 Å². The molecule has 2 unspecified atom stereocenters. The van der Waals surface area contributed by atoms with E-state index in [0.29, 0.717) is 19.1 Å². The van der Waals surface area contributed by atoms with Crippen LogP contribution in [0.5, 0.6) is 5.75 Å². The molecular weight excluding hydrogens is 378 g/mol. The lowest BCUT2D eigenvalue weighted by Crippen LogP contribution is -2.40. The van der Waals surface area contributed by atoms with Gasteiger partial charge >= 0.3 is 0 Å². The van der Waals surface area contributed by atoms with Crippen LogP contribution in [0, 0.1) is 6.57 Å². The summed E-state index contributed by atoms with van der Waals surface area (Å²) in [6.07, 6.45) is 3.79. The quantitative estimate of drug-likeness (QED) is 0.594. The highest BCUT2D eigenvalue weighted by molar-refractivity contribution is 5.88. The van der Waals surface area contributed by atoms with Crippen LogP contribution >= 0.6 is 0 Å². The number of hydrogen-bond donors (Lipinski definition) is 2. The third-order valence-corrected chi connectivity index (χ3v) is 5.74. The third kappa shape index (κ3) is 3.59. The molecule has 2 N–H and O–H groups in total. The van der Waals surface area contributed by atoms with Gasteiger partial charge in [0.2, 0.25) is 5.54 Å². The Balaban J connectivity index is 1.48. The van der Waals surface area contributed by atoms with Gasteiger partial charge in [-0.05, 0) is 30.9 Å². The van der Waals surface area contributed by atoms with Crippen molar-refractivity contribution in [1.29, 1.82) is 0 Å². The summed E-state index contributed by atoms with van der Waals surface area (Å²) in [7, 11) is 0. The summed E-state index contributed by atoms with van der Waals surface area (Å²) in [5.41, 5.74) is 2.52. The molecule has 5 rings (SSSR count). The molecule has 0 radical (unpaired) electrons. The number of para-hydroxylation sites is 1. The molecule has 0 saturated heterocycles. The van der Waals surface area contributed by atoms with Crippen LogP contribution in [0.1, 0.15) is 49.9 Å². The number of aromatic amines is 1. The van der Waals surface area contributed by atoms with Crippen molar-refractivity contribution in [2.24, 2.45) is 0 Å². The van der Waals surface area contributed by atoms with E-state index in [4.69, 9.17) is 16.0 Å². The smallest absolute Gasteiger partial charge is 0.250 e. The molecule has 2 aromatic heterocycles. The summed E-state index contributed by atoms with van der Waals surface area (Å²) in [6.45, 7) is 11.9. The van der Waals surface area contributed by atoms with Gasteiger partial charge in [-0.3, -0.25) is 0 Å². The van der Waals surface area contributed by atoms with Crippen LogP contribution < -0.4 is 10.1 Å². The van der Waals surface area contributed by atoms with E-state index in [0.717, 1.165) is 28.2 Å². The van der Waals surface area contributed by atoms with Crippen molar-refractivity contribution in [3.63, 3.8) is 0 Å². The van der Waals surface area contributed by atoms with E-state index >= 15 is 0 Å². The number of aromatic nitrogens is 3. The summed E-state index contributed by atoms with van der Waals surface area (Å²) in [4.78, 5) is 16.1. The monoisotopic (exact) mass is 403 g/mol. The molecule has 3 heterocycles. The number of anilines is 1. The molecule has 2 atom stereocenters. The number of hydrogen-bond acceptors (Lipinski definition) is 5. The molecule has 1 aromatic carbocycles. The Bertz CT molecular complexity index is 1110. The zero-order valence-corrected chi connectivity index (χ0v) is 17.2. The highest BCUT2D eigenvalue weighted by Gasteiger charge is 2.35. The predicted octanol–water partition coefficient (Wildman–Crippen LogP) is 4.46. The van der Waals surface area contributed by atoms with E-state index < -0.39 is 5.54 Å². The molecule has 0 spiro atoms. The van der Waals surface area contributed by atoms with Crippen LogP contribution in [0.25, 0.3) is 15.9 Å². The molecule has 0 amide bonds. The summed E-state index contributed by atoms with van der Waals surface area (Å²) in [6, 6.07) is 10.0. The van der Waals surface area contributed by atoms with Gasteiger partial charge in [-0.1, -0.05) is 18.2 Å². The summed E-state index contributed by atoms with van der Waals surface area (Å²) in [5, 5.41) is 4.59. The Morgan fingerprint density at radius 1 is 1.30 bits per heavy atom. The Morgan fingerprint density at radius 3 is 2.93 bits per heavy atom. The molecule has 2 aliphatic rings. The lowest BCUT2D eigenvalue weighted by molar-refractivity contribution is -0.0142. The van der Waals surface area contributed by atoms with Gasteiger partial charge in [0.05, 0.1) is 11.4 Å². The SMILES string of the molecule is [C-]#[N+]C(C)(C)COC1COc2ccccc2C1Nc1ncnc2[nH]c(C3CC3)cc12. The van der Waals surface area contributed by atoms with Gasteiger partial charge in [0.15, 0.2) is 0 Å². The third-order valence-electron chi connectivity index (χ3n) is 5.74. The number of benzene rings is 1. The second kappa shape index (κ2) is 7.29. The van der Waals surface area contributed by atoms with Crippen molar-refractivity contribution in [2.75, 3.05) is 18.5 Å². The first kappa shape index (κ1) is 18.9. The van der Waals surface area contributed by atoms with Crippen molar-refractivity contribution in [2.45, 2.75) is 50.3 Å². The molecule has 30 heavy (non-hydrogen) atoms. The fraction of sp³-hybridized carbons (Fsp3) is 0.435. The van der Waals surface area contributed by atoms with E-state index in [-0.39, 0.29) is 12.1 Å². The Kier molecular flexibility index (Phi) is 4.59. The molecule has 1 fully saturated rings. The number of ether oxygens (including phenoxy) is 2. The van der Waals surface area contributed by atoms with Gasteiger partial charge in [0.25, 0.3) is 0 Å². The maximum atomic E-state index is 7.38. The fourth-order valence-electron chi connectivity index (χ4n) is 3.83. The number of nitrogens with one attached hydrogen (secondary N) is 2. The van der Waals surface area contributed by atoms with Crippen molar-refractivity contribution in [1.82, 2.24) is 15.0 Å². The van der Waals surface area contributed by atoms with Crippen molar-refractivity contribution < 1.29 is 9.47 Å². The van der Waals surface area contributed by atoms with Gasteiger partial charge in [0, 0.05) is 25.1 Å². The highest BCUT2D eigenvalue weighted by atomic mass is 16.5. The van der Waals surface area contributed by atoms with Crippen molar-refractivity contribution in [3.8, 4) is 5.75 Å².